The minimum Gasteiger partial charge on any atom is -0.491 e. The molecule has 6 nitrogen and oxygen atoms in total. The number of likely N-dealkylation sites (N-methyl/N-ethyl adjacent to an activating group) is 1. The van der Waals surface area contributed by atoms with Crippen LogP contribution < -0.4 is 10.1 Å². The van der Waals surface area contributed by atoms with Crippen LogP contribution in [-0.2, 0) is 13.0 Å². The summed E-state index contributed by atoms with van der Waals surface area (Å²) in [4.78, 5) is 9.30. The van der Waals surface area contributed by atoms with Crippen LogP contribution in [0.2, 0.25) is 0 Å². The number of benzene rings is 1. The van der Waals surface area contributed by atoms with Crippen molar-refractivity contribution in [1.82, 2.24) is 20.1 Å². The van der Waals surface area contributed by atoms with Gasteiger partial charge >= 0.3 is 0 Å². The molecule has 0 saturated carbocycles. The number of aryl methyl sites for hydroxylation is 1. The first-order valence-electron chi connectivity index (χ1n) is 11.1. The van der Waals surface area contributed by atoms with Crippen molar-refractivity contribution in [3.63, 3.8) is 0 Å². The molecule has 1 aliphatic rings. The lowest BCUT2D eigenvalue weighted by Crippen LogP contribution is -2.49. The van der Waals surface area contributed by atoms with Crippen LogP contribution in [0.3, 0.4) is 0 Å². The Kier molecular flexibility index (Phi) is 9.08. The van der Waals surface area contributed by atoms with E-state index in [1.807, 2.05) is 31.2 Å². The van der Waals surface area contributed by atoms with Gasteiger partial charge < -0.3 is 20.1 Å². The van der Waals surface area contributed by atoms with Gasteiger partial charge in [-0.3, -0.25) is 9.88 Å². The van der Waals surface area contributed by atoms with Gasteiger partial charge in [-0.05, 0) is 43.3 Å². The minimum atomic E-state index is -0.471. The molecule has 1 aliphatic heterocycles. The van der Waals surface area contributed by atoms with Gasteiger partial charge in [0, 0.05) is 63.6 Å². The van der Waals surface area contributed by atoms with E-state index in [4.69, 9.17) is 4.74 Å². The third kappa shape index (κ3) is 7.69. The first-order valence-corrected chi connectivity index (χ1v) is 11.1. The quantitative estimate of drug-likeness (QED) is 0.551. The summed E-state index contributed by atoms with van der Waals surface area (Å²) in [6.07, 6.45) is 0.443. The fourth-order valence-corrected chi connectivity index (χ4v) is 3.76. The summed E-state index contributed by atoms with van der Waals surface area (Å²) in [5, 5.41) is 13.8. The van der Waals surface area contributed by atoms with E-state index in [0.717, 1.165) is 69.4 Å². The lowest BCUT2D eigenvalue weighted by molar-refractivity contribution is 0.0471. The molecule has 30 heavy (non-hydrogen) atoms. The molecule has 164 valence electrons. The van der Waals surface area contributed by atoms with E-state index < -0.39 is 6.10 Å². The van der Waals surface area contributed by atoms with Gasteiger partial charge in [-0.1, -0.05) is 25.1 Å². The molecule has 0 radical (unpaired) electrons. The monoisotopic (exact) mass is 412 g/mol. The summed E-state index contributed by atoms with van der Waals surface area (Å²) in [5.41, 5.74) is 3.35. The Hall–Kier alpha value is -1.99. The number of hydrogen-bond donors (Lipinski definition) is 2. The number of nitrogens with zero attached hydrogens (tertiary/aromatic N) is 3. The number of hydrogen-bond acceptors (Lipinski definition) is 6. The number of aliphatic hydroxyl groups is 1. The molecule has 1 saturated heterocycles. The zero-order chi connectivity index (χ0) is 21.2. The summed E-state index contributed by atoms with van der Waals surface area (Å²) in [7, 11) is 0. The first-order chi connectivity index (χ1) is 14.6. The molecule has 1 aromatic heterocycles. The number of nitrogens with one attached hydrogen (secondary N) is 1. The van der Waals surface area contributed by atoms with E-state index >= 15 is 0 Å². The Morgan fingerprint density at radius 3 is 2.63 bits per heavy atom. The average molecular weight is 413 g/mol. The Balaban J connectivity index is 1.35. The Bertz CT molecular complexity index is 762. The highest BCUT2D eigenvalue weighted by atomic mass is 16.5. The Morgan fingerprint density at radius 2 is 1.87 bits per heavy atom. The van der Waals surface area contributed by atoms with Crippen molar-refractivity contribution in [3.05, 3.63) is 59.4 Å². The molecule has 2 N–H and O–H groups in total. The molecule has 1 aromatic carbocycles. The largest absolute Gasteiger partial charge is 0.491 e. The summed E-state index contributed by atoms with van der Waals surface area (Å²) < 4.78 is 5.86. The van der Waals surface area contributed by atoms with Crippen LogP contribution in [0.15, 0.2) is 42.5 Å². The lowest BCUT2D eigenvalue weighted by atomic mass is 10.2. The van der Waals surface area contributed by atoms with Gasteiger partial charge in [0.15, 0.2) is 0 Å². The third-order valence-corrected chi connectivity index (χ3v) is 5.55. The molecule has 1 fully saturated rings. The van der Waals surface area contributed by atoms with Gasteiger partial charge in [0.2, 0.25) is 0 Å². The standard InChI is InChI=1S/C24H36N4O2/c1-3-27-12-14-28(15-13-27)18-23(29)19-30-24-9-5-7-21(16-24)17-25-11-10-22-8-4-6-20(2)26-22/h4-9,16,23,25,29H,3,10-15,17-19H2,1-2H3. The lowest BCUT2D eigenvalue weighted by Gasteiger charge is -2.34. The van der Waals surface area contributed by atoms with Crippen molar-refractivity contribution in [2.75, 3.05) is 52.4 Å². The summed E-state index contributed by atoms with van der Waals surface area (Å²) in [6, 6.07) is 14.2. The number of piperazine rings is 1. The maximum absolute atomic E-state index is 10.4. The normalized spacial score (nSPS) is 16.5. The number of aromatic nitrogens is 1. The van der Waals surface area contributed by atoms with E-state index in [0.29, 0.717) is 13.2 Å². The second-order valence-electron chi connectivity index (χ2n) is 8.04. The zero-order valence-corrected chi connectivity index (χ0v) is 18.4. The SMILES string of the molecule is CCN1CCN(CC(O)COc2cccc(CNCCc3cccc(C)n3)c2)CC1. The number of ether oxygens (including phenoxy) is 1. The van der Waals surface area contributed by atoms with Crippen molar-refractivity contribution in [2.24, 2.45) is 0 Å². The van der Waals surface area contributed by atoms with Crippen molar-refractivity contribution in [3.8, 4) is 5.75 Å². The predicted octanol–water partition coefficient (Wildman–Crippen LogP) is 2.10. The van der Waals surface area contributed by atoms with Crippen LogP contribution in [0.4, 0.5) is 0 Å². The molecule has 0 amide bonds. The van der Waals surface area contributed by atoms with Crippen LogP contribution >= 0.6 is 0 Å². The number of pyridine rings is 1. The number of rotatable bonds is 11. The van der Waals surface area contributed by atoms with E-state index in [1.165, 1.54) is 5.56 Å². The molecule has 3 rings (SSSR count). The van der Waals surface area contributed by atoms with Crippen LogP contribution in [0.1, 0.15) is 23.9 Å². The Labute approximate surface area is 180 Å². The maximum Gasteiger partial charge on any atom is 0.119 e. The third-order valence-electron chi connectivity index (χ3n) is 5.55. The molecule has 2 heterocycles. The number of β-amino-alcohol motifs (C(OH)–C–C–N with tert-alkyl or cyclic N) is 1. The molecule has 1 unspecified atom stereocenters. The zero-order valence-electron chi connectivity index (χ0n) is 18.4. The fraction of sp³-hybridized carbons (Fsp3) is 0.542. The highest BCUT2D eigenvalue weighted by Crippen LogP contribution is 2.14. The molecular formula is C24H36N4O2. The maximum atomic E-state index is 10.4. The van der Waals surface area contributed by atoms with Crippen LogP contribution in [0.5, 0.6) is 5.75 Å². The fourth-order valence-electron chi connectivity index (χ4n) is 3.76. The molecular weight excluding hydrogens is 376 g/mol. The number of aliphatic hydroxyl groups excluding tert-OH is 1. The molecule has 6 heteroatoms. The van der Waals surface area contributed by atoms with Crippen molar-refractivity contribution in [2.45, 2.75) is 32.9 Å². The first kappa shape index (κ1) is 22.7. The van der Waals surface area contributed by atoms with Gasteiger partial charge in [0.25, 0.3) is 0 Å². The predicted molar refractivity (Wildman–Crippen MR) is 121 cm³/mol. The van der Waals surface area contributed by atoms with Gasteiger partial charge in [0.05, 0.1) is 0 Å². The van der Waals surface area contributed by atoms with Crippen molar-refractivity contribution in [1.29, 1.82) is 0 Å². The van der Waals surface area contributed by atoms with Crippen LogP contribution in [0, 0.1) is 6.92 Å². The summed E-state index contributed by atoms with van der Waals surface area (Å²) in [5.74, 6) is 0.810. The van der Waals surface area contributed by atoms with E-state index in [-0.39, 0.29) is 0 Å². The van der Waals surface area contributed by atoms with Crippen molar-refractivity contribution >= 4 is 0 Å². The molecule has 1 atom stereocenters. The molecule has 0 aliphatic carbocycles. The van der Waals surface area contributed by atoms with Crippen LogP contribution in [0.25, 0.3) is 0 Å². The van der Waals surface area contributed by atoms with E-state index in [9.17, 15) is 5.11 Å². The summed E-state index contributed by atoms with van der Waals surface area (Å²) in [6.45, 7) is 12.2. The summed E-state index contributed by atoms with van der Waals surface area (Å²) >= 11 is 0. The topological polar surface area (TPSA) is 60.9 Å². The highest BCUT2D eigenvalue weighted by molar-refractivity contribution is 5.28. The second-order valence-corrected chi connectivity index (χ2v) is 8.04. The van der Waals surface area contributed by atoms with Gasteiger partial charge in [0.1, 0.15) is 18.5 Å². The van der Waals surface area contributed by atoms with Crippen molar-refractivity contribution < 1.29 is 9.84 Å². The highest BCUT2D eigenvalue weighted by Gasteiger charge is 2.18. The molecule has 2 aromatic rings. The van der Waals surface area contributed by atoms with Gasteiger partial charge in [-0.2, -0.15) is 0 Å². The van der Waals surface area contributed by atoms with E-state index in [2.05, 4.69) is 45.2 Å². The van der Waals surface area contributed by atoms with Crippen LogP contribution in [-0.4, -0.2) is 78.4 Å². The smallest absolute Gasteiger partial charge is 0.119 e. The Morgan fingerprint density at radius 1 is 1.10 bits per heavy atom. The second kappa shape index (κ2) is 12.0. The van der Waals surface area contributed by atoms with E-state index in [1.54, 1.807) is 0 Å². The molecule has 0 spiro atoms. The van der Waals surface area contributed by atoms with Gasteiger partial charge in [-0.15, -0.1) is 0 Å². The molecule has 0 bridgehead atoms. The van der Waals surface area contributed by atoms with Gasteiger partial charge in [-0.25, -0.2) is 0 Å². The average Bonchev–Trinajstić information content (AvgIpc) is 2.76. The minimum absolute atomic E-state index is 0.323.